The summed E-state index contributed by atoms with van der Waals surface area (Å²) < 4.78 is 78.1. The largest absolute Gasteiger partial charge is 0.453 e. The molecule has 1 aromatic rings. The molecule has 0 amide bonds. The normalized spacial score (nSPS) is 15.2. The summed E-state index contributed by atoms with van der Waals surface area (Å²) >= 11 is 0. The van der Waals surface area contributed by atoms with Crippen LogP contribution < -0.4 is 0 Å². The van der Waals surface area contributed by atoms with Crippen LogP contribution in [0.2, 0.25) is 39.3 Å². The molecule has 0 spiro atoms. The van der Waals surface area contributed by atoms with E-state index in [0.29, 0.717) is 4.68 Å². The molecule has 0 saturated heterocycles. The molecule has 0 aliphatic heterocycles. The summed E-state index contributed by atoms with van der Waals surface area (Å²) in [5.74, 6) is -3.40. The van der Waals surface area contributed by atoms with E-state index >= 15 is 0 Å². The van der Waals surface area contributed by atoms with Gasteiger partial charge in [-0.2, -0.15) is 31.3 Å². The van der Waals surface area contributed by atoms with E-state index in [1.807, 2.05) is 19.6 Å². The molecule has 0 radical (unpaired) electrons. The van der Waals surface area contributed by atoms with Crippen molar-refractivity contribution in [2.24, 2.45) is 0 Å². The lowest BCUT2D eigenvalue weighted by Crippen LogP contribution is -2.33. The molecule has 3 nitrogen and oxygen atoms in total. The average molecular weight is 375 g/mol. The molecule has 11 heteroatoms. The maximum absolute atomic E-state index is 13.1. The summed E-state index contributed by atoms with van der Waals surface area (Å²) in [6.07, 6.45) is -10.1. The maximum Gasteiger partial charge on any atom is 0.453 e. The van der Waals surface area contributed by atoms with Crippen LogP contribution in [0.1, 0.15) is 11.6 Å². The molecule has 0 atom stereocenters. The van der Waals surface area contributed by atoms with Crippen LogP contribution in [-0.4, -0.2) is 30.9 Å². The fourth-order valence-electron chi connectivity index (χ4n) is 1.79. The van der Waals surface area contributed by atoms with Crippen molar-refractivity contribution in [1.82, 2.24) is 14.8 Å². The van der Waals surface area contributed by atoms with Gasteiger partial charge in [0.15, 0.2) is 0 Å². The van der Waals surface area contributed by atoms with Crippen molar-refractivity contribution in [2.45, 2.75) is 51.6 Å². The van der Waals surface area contributed by atoms with Crippen LogP contribution in [0.25, 0.3) is 5.32 Å². The van der Waals surface area contributed by atoms with Gasteiger partial charge in [0, 0.05) is 5.32 Å². The topological polar surface area (TPSA) is 30.7 Å². The van der Waals surface area contributed by atoms with Gasteiger partial charge < -0.3 is 0 Å². The van der Waals surface area contributed by atoms with E-state index in [2.05, 4.69) is 10.1 Å². The van der Waals surface area contributed by atoms with Crippen molar-refractivity contribution in [2.75, 3.05) is 0 Å². The Morgan fingerprint density at radius 1 is 0.913 bits per heavy atom. The Kier molecular flexibility index (Phi) is 4.99. The molecule has 0 N–H and O–H groups in total. The number of hydrogen-bond donors (Lipinski definition) is 0. The molecular formula is C12H19F6N3Si2. The zero-order valence-corrected chi connectivity index (χ0v) is 15.7. The molecule has 0 unspecified atom stereocenters. The minimum Gasteiger partial charge on any atom is -0.218 e. The van der Waals surface area contributed by atoms with Gasteiger partial charge in [0.05, 0.1) is 8.07 Å². The Bertz CT molecular complexity index is 602. The van der Waals surface area contributed by atoms with Crippen molar-refractivity contribution in [3.8, 4) is 0 Å². The Morgan fingerprint density at radius 3 is 1.70 bits per heavy atom. The number of nitrogens with zero attached hydrogens (tertiary/aromatic N) is 3. The van der Waals surface area contributed by atoms with Crippen LogP contribution in [0.3, 0.4) is 0 Å². The van der Waals surface area contributed by atoms with Gasteiger partial charge >= 0.3 is 12.4 Å². The summed E-state index contributed by atoms with van der Waals surface area (Å²) in [5, 5.41) is 3.35. The standard InChI is InChI=1S/C12H19F6N3Si2/c1-22(2,3)7-8(23(4,5)6)21-10(12(16,17)18)19-9(20-21)11(13,14)15/h7H,1-6H3/b8-7-. The van der Waals surface area contributed by atoms with Crippen LogP contribution in [0.15, 0.2) is 5.70 Å². The summed E-state index contributed by atoms with van der Waals surface area (Å²) in [5.41, 5.74) is 1.67. The second-order valence-corrected chi connectivity index (χ2v) is 17.3. The molecule has 132 valence electrons. The SMILES string of the molecule is C[Si](C)(C)/C=C(/n1nc(C(F)(F)F)nc1C(F)(F)F)[Si](C)(C)C. The highest BCUT2D eigenvalue weighted by molar-refractivity contribution is 6.95. The molecular weight excluding hydrogens is 356 g/mol. The lowest BCUT2D eigenvalue weighted by atomic mass is 10.5. The van der Waals surface area contributed by atoms with Gasteiger partial charge in [-0.25, -0.2) is 4.68 Å². The van der Waals surface area contributed by atoms with E-state index in [1.54, 1.807) is 25.3 Å². The number of halogens is 6. The Labute approximate surface area is 132 Å². The summed E-state index contributed by atoms with van der Waals surface area (Å²) in [7, 11) is -4.40. The van der Waals surface area contributed by atoms with Gasteiger partial charge in [-0.3, -0.25) is 0 Å². The van der Waals surface area contributed by atoms with Gasteiger partial charge in [-0.1, -0.05) is 45.0 Å². The van der Waals surface area contributed by atoms with Crippen LogP contribution in [-0.2, 0) is 12.4 Å². The summed E-state index contributed by atoms with van der Waals surface area (Å²) in [6, 6.07) is 0. The number of alkyl halides is 6. The first kappa shape index (κ1) is 19.9. The molecule has 0 aromatic carbocycles. The first-order valence-electron chi connectivity index (χ1n) is 6.78. The predicted molar refractivity (Wildman–Crippen MR) is 81.0 cm³/mol. The highest BCUT2D eigenvalue weighted by Crippen LogP contribution is 2.35. The molecule has 0 saturated carbocycles. The smallest absolute Gasteiger partial charge is 0.218 e. The van der Waals surface area contributed by atoms with Crippen LogP contribution in [0, 0.1) is 0 Å². The fourth-order valence-corrected chi connectivity index (χ4v) is 6.55. The third-order valence-corrected chi connectivity index (χ3v) is 6.00. The Morgan fingerprint density at radius 2 is 1.39 bits per heavy atom. The summed E-state index contributed by atoms with van der Waals surface area (Å²) in [6.45, 7) is 10.9. The second-order valence-electron chi connectivity index (χ2n) is 7.31. The zero-order valence-electron chi connectivity index (χ0n) is 13.7. The van der Waals surface area contributed by atoms with Gasteiger partial charge in [-0.05, 0) is 0 Å². The third kappa shape index (κ3) is 5.19. The van der Waals surface area contributed by atoms with E-state index in [0.717, 1.165) is 0 Å². The van der Waals surface area contributed by atoms with Crippen LogP contribution in [0.4, 0.5) is 26.3 Å². The lowest BCUT2D eigenvalue weighted by molar-refractivity contribution is -0.150. The average Bonchev–Trinajstić information content (AvgIpc) is 2.66. The molecule has 0 aliphatic carbocycles. The van der Waals surface area contributed by atoms with Crippen molar-refractivity contribution < 1.29 is 26.3 Å². The molecule has 1 heterocycles. The van der Waals surface area contributed by atoms with Crippen LogP contribution in [0.5, 0.6) is 0 Å². The predicted octanol–water partition coefficient (Wildman–Crippen LogP) is 4.91. The highest BCUT2D eigenvalue weighted by Gasteiger charge is 2.45. The quantitative estimate of drug-likeness (QED) is 0.555. The molecule has 23 heavy (non-hydrogen) atoms. The molecule has 0 aliphatic rings. The number of aromatic nitrogens is 3. The van der Waals surface area contributed by atoms with E-state index in [1.165, 1.54) is 0 Å². The maximum atomic E-state index is 13.1. The number of hydrogen-bond acceptors (Lipinski definition) is 2. The third-order valence-electron chi connectivity index (χ3n) is 2.68. The monoisotopic (exact) mass is 375 g/mol. The van der Waals surface area contributed by atoms with Crippen molar-refractivity contribution in [1.29, 1.82) is 0 Å². The zero-order chi connectivity index (χ0) is 18.4. The van der Waals surface area contributed by atoms with E-state index in [-0.39, 0.29) is 5.32 Å². The van der Waals surface area contributed by atoms with Crippen molar-refractivity contribution in [3.05, 3.63) is 17.3 Å². The van der Waals surface area contributed by atoms with E-state index in [4.69, 9.17) is 0 Å². The van der Waals surface area contributed by atoms with Gasteiger partial charge in [0.25, 0.3) is 5.82 Å². The first-order valence-corrected chi connectivity index (χ1v) is 13.9. The van der Waals surface area contributed by atoms with Gasteiger partial charge in [0.2, 0.25) is 5.82 Å². The van der Waals surface area contributed by atoms with Gasteiger partial charge in [-0.15, -0.1) is 5.10 Å². The molecule has 0 fully saturated rings. The summed E-state index contributed by atoms with van der Waals surface area (Å²) in [4.78, 5) is 2.72. The van der Waals surface area contributed by atoms with Gasteiger partial charge in [0.1, 0.15) is 8.07 Å². The fraction of sp³-hybridized carbons (Fsp3) is 0.667. The van der Waals surface area contributed by atoms with E-state index in [9.17, 15) is 26.3 Å². The number of rotatable bonds is 3. The Balaban J connectivity index is 3.73. The lowest BCUT2D eigenvalue weighted by Gasteiger charge is -2.25. The van der Waals surface area contributed by atoms with Crippen molar-refractivity contribution >= 4 is 21.5 Å². The molecule has 0 bridgehead atoms. The second kappa shape index (κ2) is 5.76. The Hall–Kier alpha value is -1.11. The minimum absolute atomic E-state index is 0.201. The van der Waals surface area contributed by atoms with Crippen LogP contribution >= 0.6 is 0 Å². The highest BCUT2D eigenvalue weighted by atomic mass is 28.3. The molecule has 1 aromatic heterocycles. The van der Waals surface area contributed by atoms with E-state index < -0.39 is 40.1 Å². The first-order chi connectivity index (χ1) is 9.93. The minimum atomic E-state index is -5.03. The van der Waals surface area contributed by atoms with Crippen molar-refractivity contribution in [3.63, 3.8) is 0 Å². The molecule has 1 rings (SSSR count).